The molecule has 0 aromatic heterocycles. The molecule has 7 heteroatoms. The summed E-state index contributed by atoms with van der Waals surface area (Å²) >= 11 is 0. The van der Waals surface area contributed by atoms with Crippen molar-refractivity contribution >= 4 is 0 Å². The van der Waals surface area contributed by atoms with E-state index in [1.165, 1.54) is 0 Å². The Labute approximate surface area is 205 Å². The molecule has 0 bridgehead atoms. The van der Waals surface area contributed by atoms with Crippen molar-refractivity contribution in [3.8, 4) is 0 Å². The molecule has 1 N–H and O–H groups in total. The monoisotopic (exact) mass is 473 g/mol. The molecule has 5 atom stereocenters. The highest BCUT2D eigenvalue weighted by Gasteiger charge is 2.43. The number of rotatable bonds is 10. The van der Waals surface area contributed by atoms with Gasteiger partial charge in [0, 0.05) is 4.91 Å². The Morgan fingerprint density at radius 1 is 0.657 bits per heavy atom. The average Bonchev–Trinajstić information content (AvgIpc) is 3.03. The summed E-state index contributed by atoms with van der Waals surface area (Å²) in [5.41, 5.74) is 12.3. The lowest BCUT2D eigenvalue weighted by Crippen LogP contribution is -2.49. The second-order valence-corrected chi connectivity index (χ2v) is 8.70. The summed E-state index contributed by atoms with van der Waals surface area (Å²) < 4.78 is 19.1. The van der Waals surface area contributed by atoms with Gasteiger partial charge in [-0.05, 0) is 35.1 Å². The zero-order valence-corrected chi connectivity index (χ0v) is 19.6. The lowest BCUT2D eigenvalue weighted by molar-refractivity contribution is -0.174. The fourth-order valence-electron chi connectivity index (χ4n) is 4.39. The van der Waals surface area contributed by atoms with E-state index < -0.39 is 30.5 Å². The number of aliphatic hydroxyl groups is 1. The molecule has 182 valence electrons. The number of azide groups is 1. The molecule has 0 amide bonds. The average molecular weight is 474 g/mol. The Morgan fingerprint density at radius 3 is 1.54 bits per heavy atom. The summed E-state index contributed by atoms with van der Waals surface area (Å²) in [6.07, 6.45) is -1.79. The van der Waals surface area contributed by atoms with Gasteiger partial charge < -0.3 is 19.3 Å². The van der Waals surface area contributed by atoms with E-state index >= 15 is 0 Å². The first-order chi connectivity index (χ1) is 17.2. The Kier molecular flexibility index (Phi) is 9.29. The van der Waals surface area contributed by atoms with Crippen LogP contribution in [0.25, 0.3) is 10.4 Å². The summed E-state index contributed by atoms with van der Waals surface area (Å²) in [6.45, 7) is 0.971. The standard InChI is InChI=1S/C28H31N3O4/c29-31-30-24-16-17-25(32)27(34-19-22-12-6-2-7-13-22)28(35-20-23-14-8-3-9-15-23)26(24)33-18-21-10-4-1-5-11-21/h1-15,24-28,32H,16-20H2/t24?,25-,26+,27-,28-/m0/s1. The van der Waals surface area contributed by atoms with Crippen molar-refractivity contribution in [3.63, 3.8) is 0 Å². The second kappa shape index (κ2) is 13.0. The van der Waals surface area contributed by atoms with Gasteiger partial charge in [-0.3, -0.25) is 0 Å². The second-order valence-electron chi connectivity index (χ2n) is 8.70. The molecule has 1 saturated carbocycles. The van der Waals surface area contributed by atoms with E-state index in [2.05, 4.69) is 10.0 Å². The molecule has 1 aliphatic rings. The van der Waals surface area contributed by atoms with E-state index in [0.717, 1.165) is 16.7 Å². The van der Waals surface area contributed by atoms with Crippen LogP contribution in [0.15, 0.2) is 96.1 Å². The Morgan fingerprint density at radius 2 is 1.09 bits per heavy atom. The minimum Gasteiger partial charge on any atom is -0.390 e. The van der Waals surface area contributed by atoms with Crippen LogP contribution in [-0.4, -0.2) is 35.6 Å². The van der Waals surface area contributed by atoms with Gasteiger partial charge in [-0.2, -0.15) is 0 Å². The third kappa shape index (κ3) is 7.15. The summed E-state index contributed by atoms with van der Waals surface area (Å²) in [4.78, 5) is 3.07. The molecule has 1 fully saturated rings. The highest BCUT2D eigenvalue weighted by atomic mass is 16.6. The Balaban J connectivity index is 1.60. The lowest BCUT2D eigenvalue weighted by Gasteiger charge is -2.35. The van der Waals surface area contributed by atoms with Crippen molar-refractivity contribution in [1.29, 1.82) is 0 Å². The molecular weight excluding hydrogens is 442 g/mol. The van der Waals surface area contributed by atoms with E-state index in [-0.39, 0.29) is 0 Å². The number of ether oxygens (including phenoxy) is 3. The summed E-state index contributed by atoms with van der Waals surface area (Å²) in [5.74, 6) is 0. The minimum absolute atomic E-state index is 0.317. The van der Waals surface area contributed by atoms with E-state index in [1.807, 2.05) is 91.0 Å². The molecule has 1 unspecified atom stereocenters. The molecule has 35 heavy (non-hydrogen) atoms. The fourth-order valence-corrected chi connectivity index (χ4v) is 4.39. The maximum Gasteiger partial charge on any atom is 0.113 e. The van der Waals surface area contributed by atoms with Crippen LogP contribution in [0.5, 0.6) is 0 Å². The van der Waals surface area contributed by atoms with Crippen LogP contribution < -0.4 is 0 Å². The number of hydrogen-bond donors (Lipinski definition) is 1. The number of hydrogen-bond acceptors (Lipinski definition) is 5. The molecule has 1 aliphatic carbocycles. The van der Waals surface area contributed by atoms with Crippen molar-refractivity contribution in [3.05, 3.63) is 118 Å². The lowest BCUT2D eigenvalue weighted by atomic mass is 10.0. The summed E-state index contributed by atoms with van der Waals surface area (Å²) in [5, 5.41) is 15.1. The maximum atomic E-state index is 11.1. The van der Waals surface area contributed by atoms with Gasteiger partial charge in [-0.15, -0.1) is 0 Å². The molecule has 0 radical (unpaired) electrons. The van der Waals surface area contributed by atoms with Gasteiger partial charge in [0.05, 0.1) is 38.1 Å². The highest BCUT2D eigenvalue weighted by molar-refractivity contribution is 5.15. The SMILES string of the molecule is [N-]=[N+]=NC1CC[C@H](O)[C@H](OCc2ccccc2)[C@@H](OCc2ccccc2)[C@@H]1OCc1ccccc1. The number of benzene rings is 3. The van der Waals surface area contributed by atoms with Crippen molar-refractivity contribution in [1.82, 2.24) is 0 Å². The van der Waals surface area contributed by atoms with Crippen LogP contribution in [0.2, 0.25) is 0 Å². The van der Waals surface area contributed by atoms with Crippen LogP contribution in [0.1, 0.15) is 29.5 Å². The van der Waals surface area contributed by atoms with Crippen LogP contribution in [0, 0.1) is 0 Å². The van der Waals surface area contributed by atoms with Crippen LogP contribution in [0.4, 0.5) is 0 Å². The van der Waals surface area contributed by atoms with Gasteiger partial charge in [0.2, 0.25) is 0 Å². The molecule has 0 heterocycles. The summed E-state index contributed by atoms with van der Waals surface area (Å²) in [7, 11) is 0. The third-order valence-corrected chi connectivity index (χ3v) is 6.22. The molecule has 0 aliphatic heterocycles. The third-order valence-electron chi connectivity index (χ3n) is 6.22. The summed E-state index contributed by atoms with van der Waals surface area (Å²) in [6, 6.07) is 29.0. The quantitative estimate of drug-likeness (QED) is 0.180. The highest BCUT2D eigenvalue weighted by Crippen LogP contribution is 2.30. The van der Waals surface area contributed by atoms with E-state index in [4.69, 9.17) is 14.2 Å². The van der Waals surface area contributed by atoms with Gasteiger partial charge in [0.25, 0.3) is 0 Å². The van der Waals surface area contributed by atoms with Gasteiger partial charge in [-0.25, -0.2) is 0 Å². The molecule has 7 nitrogen and oxygen atoms in total. The molecular formula is C28H31N3O4. The minimum atomic E-state index is -0.791. The van der Waals surface area contributed by atoms with Crippen molar-refractivity contribution < 1.29 is 19.3 Å². The van der Waals surface area contributed by atoms with Gasteiger partial charge in [0.1, 0.15) is 12.2 Å². The predicted octanol–water partition coefficient (Wildman–Crippen LogP) is 5.58. The van der Waals surface area contributed by atoms with Gasteiger partial charge in [0.15, 0.2) is 0 Å². The first-order valence-electron chi connectivity index (χ1n) is 11.9. The zero-order chi connectivity index (χ0) is 24.3. The van der Waals surface area contributed by atoms with Crippen molar-refractivity contribution in [2.45, 2.75) is 63.1 Å². The van der Waals surface area contributed by atoms with E-state index in [1.54, 1.807) is 0 Å². The molecule has 0 saturated heterocycles. The molecule has 3 aromatic rings. The van der Waals surface area contributed by atoms with E-state index in [0.29, 0.717) is 32.7 Å². The zero-order valence-electron chi connectivity index (χ0n) is 19.6. The van der Waals surface area contributed by atoms with Crippen molar-refractivity contribution in [2.75, 3.05) is 0 Å². The van der Waals surface area contributed by atoms with Crippen molar-refractivity contribution in [2.24, 2.45) is 5.11 Å². The largest absolute Gasteiger partial charge is 0.390 e. The van der Waals surface area contributed by atoms with E-state index in [9.17, 15) is 10.6 Å². The van der Waals surface area contributed by atoms with Crippen LogP contribution in [-0.2, 0) is 34.0 Å². The molecule has 4 rings (SSSR count). The Bertz CT molecular complexity index is 1060. The predicted molar refractivity (Wildman–Crippen MR) is 133 cm³/mol. The van der Waals surface area contributed by atoms with Gasteiger partial charge >= 0.3 is 0 Å². The molecule has 3 aromatic carbocycles. The van der Waals surface area contributed by atoms with Crippen LogP contribution in [0.3, 0.4) is 0 Å². The first kappa shape index (κ1) is 24.9. The Hall–Kier alpha value is -3.19. The normalized spacial score (nSPS) is 24.3. The number of aliphatic hydroxyl groups excluding tert-OH is 1. The topological polar surface area (TPSA) is 96.7 Å². The van der Waals surface area contributed by atoms with Gasteiger partial charge in [-0.1, -0.05) is 96.1 Å². The first-order valence-corrected chi connectivity index (χ1v) is 11.9. The smallest absolute Gasteiger partial charge is 0.113 e. The number of nitrogens with zero attached hydrogens (tertiary/aromatic N) is 3. The fraction of sp³-hybridized carbons (Fsp3) is 0.357. The maximum absolute atomic E-state index is 11.1. The molecule has 0 spiro atoms. The van der Waals surface area contributed by atoms with Crippen LogP contribution >= 0.6 is 0 Å².